The number of hydrogen-bond acceptors (Lipinski definition) is 5. The summed E-state index contributed by atoms with van der Waals surface area (Å²) in [5.74, 6) is 0.808. The van der Waals surface area contributed by atoms with Crippen LogP contribution in [0.3, 0.4) is 0 Å². The number of tetrazole rings is 1. The van der Waals surface area contributed by atoms with E-state index in [0.29, 0.717) is 0 Å². The van der Waals surface area contributed by atoms with E-state index in [9.17, 15) is 0 Å². The van der Waals surface area contributed by atoms with Crippen molar-refractivity contribution < 1.29 is 0 Å². The molecule has 6 heteroatoms. The molecule has 1 saturated heterocycles. The molecule has 66 valence electrons. The van der Waals surface area contributed by atoms with E-state index < -0.39 is 0 Å². The molecule has 0 saturated carbocycles. The number of nitrogens with two attached hydrogens (primary N) is 1. The highest BCUT2D eigenvalue weighted by atomic mass is 15.6. The Kier molecular flexibility index (Phi) is 1.69. The van der Waals surface area contributed by atoms with Gasteiger partial charge in [-0.25, -0.2) is 4.68 Å². The molecule has 0 aliphatic carbocycles. The molecule has 12 heavy (non-hydrogen) atoms. The lowest BCUT2D eigenvalue weighted by Crippen LogP contribution is -2.28. The van der Waals surface area contributed by atoms with Gasteiger partial charge < -0.3 is 10.6 Å². The maximum Gasteiger partial charge on any atom is 0.245 e. The van der Waals surface area contributed by atoms with Crippen molar-refractivity contribution in [3.8, 4) is 0 Å². The van der Waals surface area contributed by atoms with Gasteiger partial charge in [-0.05, 0) is 16.8 Å². The van der Waals surface area contributed by atoms with Crippen LogP contribution in [0.25, 0.3) is 0 Å². The summed E-state index contributed by atoms with van der Waals surface area (Å²) in [6.45, 7) is 1.81. The van der Waals surface area contributed by atoms with E-state index in [2.05, 4.69) is 20.4 Å². The fraction of sp³-hybridized carbons (Fsp3) is 0.833. The van der Waals surface area contributed by atoms with Crippen molar-refractivity contribution in [2.75, 3.05) is 18.0 Å². The van der Waals surface area contributed by atoms with Crippen LogP contribution in [0.2, 0.25) is 0 Å². The largest absolute Gasteiger partial charge is 0.338 e. The Labute approximate surface area is 70.3 Å². The van der Waals surface area contributed by atoms with Crippen LogP contribution in [0.1, 0.15) is 6.42 Å². The summed E-state index contributed by atoms with van der Waals surface area (Å²) in [4.78, 5) is 2.10. The zero-order chi connectivity index (χ0) is 8.55. The Morgan fingerprint density at radius 2 is 2.42 bits per heavy atom. The molecule has 1 aromatic rings. The molecule has 1 aliphatic heterocycles. The lowest BCUT2D eigenvalue weighted by Gasteiger charge is -2.13. The van der Waals surface area contributed by atoms with Crippen LogP contribution < -0.4 is 10.6 Å². The van der Waals surface area contributed by atoms with Gasteiger partial charge in [0.25, 0.3) is 0 Å². The van der Waals surface area contributed by atoms with Crippen LogP contribution in [0, 0.1) is 0 Å². The molecule has 2 heterocycles. The zero-order valence-corrected chi connectivity index (χ0v) is 7.01. The molecule has 0 aromatic carbocycles. The molecular formula is C6H12N6. The van der Waals surface area contributed by atoms with Gasteiger partial charge in [-0.1, -0.05) is 5.10 Å². The van der Waals surface area contributed by atoms with Gasteiger partial charge in [0, 0.05) is 26.2 Å². The average molecular weight is 168 g/mol. The molecule has 1 atom stereocenters. The Morgan fingerprint density at radius 3 is 2.92 bits per heavy atom. The standard InChI is InChI=1S/C6H12N6/c1-11-6(8-9-10-11)12-3-2-5(7)4-12/h5H,2-4,7H2,1H3. The highest BCUT2D eigenvalue weighted by Gasteiger charge is 2.22. The van der Waals surface area contributed by atoms with Crippen molar-refractivity contribution >= 4 is 5.95 Å². The van der Waals surface area contributed by atoms with Crippen LogP contribution in [-0.4, -0.2) is 39.3 Å². The summed E-state index contributed by atoms with van der Waals surface area (Å²) in [5.41, 5.74) is 5.76. The minimum Gasteiger partial charge on any atom is -0.338 e. The lowest BCUT2D eigenvalue weighted by molar-refractivity contribution is 0.695. The van der Waals surface area contributed by atoms with Crippen molar-refractivity contribution in [1.82, 2.24) is 20.2 Å². The van der Waals surface area contributed by atoms with Crippen LogP contribution >= 0.6 is 0 Å². The summed E-state index contributed by atoms with van der Waals surface area (Å²) in [7, 11) is 1.83. The molecule has 2 rings (SSSR count). The maximum atomic E-state index is 5.76. The highest BCUT2D eigenvalue weighted by molar-refractivity contribution is 5.30. The number of hydrogen-bond donors (Lipinski definition) is 1. The van der Waals surface area contributed by atoms with Gasteiger partial charge in [-0.3, -0.25) is 0 Å². The topological polar surface area (TPSA) is 72.9 Å². The van der Waals surface area contributed by atoms with Gasteiger partial charge in [0.1, 0.15) is 0 Å². The van der Waals surface area contributed by atoms with Crippen molar-refractivity contribution in [3.05, 3.63) is 0 Å². The van der Waals surface area contributed by atoms with E-state index in [1.165, 1.54) is 0 Å². The second kappa shape index (κ2) is 2.71. The van der Waals surface area contributed by atoms with Crippen molar-refractivity contribution in [2.24, 2.45) is 12.8 Å². The fourth-order valence-corrected chi connectivity index (χ4v) is 1.46. The first-order chi connectivity index (χ1) is 5.77. The Balaban J connectivity index is 2.16. The molecule has 1 aromatic heterocycles. The summed E-state index contributed by atoms with van der Waals surface area (Å²) < 4.78 is 1.66. The van der Waals surface area contributed by atoms with E-state index in [1.807, 2.05) is 7.05 Å². The smallest absolute Gasteiger partial charge is 0.245 e. The number of rotatable bonds is 1. The van der Waals surface area contributed by atoms with E-state index >= 15 is 0 Å². The van der Waals surface area contributed by atoms with Gasteiger partial charge in [0.05, 0.1) is 0 Å². The number of anilines is 1. The van der Waals surface area contributed by atoms with Gasteiger partial charge >= 0.3 is 0 Å². The molecular weight excluding hydrogens is 156 g/mol. The maximum absolute atomic E-state index is 5.76. The van der Waals surface area contributed by atoms with Crippen LogP contribution in [0.4, 0.5) is 5.95 Å². The predicted octanol–water partition coefficient (Wildman–Crippen LogP) is -1.25. The first-order valence-corrected chi connectivity index (χ1v) is 4.00. The summed E-state index contributed by atoms with van der Waals surface area (Å²) in [5, 5.41) is 11.2. The van der Waals surface area contributed by atoms with Crippen LogP contribution in [0.5, 0.6) is 0 Å². The van der Waals surface area contributed by atoms with Gasteiger partial charge in [-0.2, -0.15) is 0 Å². The first-order valence-electron chi connectivity index (χ1n) is 4.00. The van der Waals surface area contributed by atoms with Crippen molar-refractivity contribution in [2.45, 2.75) is 12.5 Å². The lowest BCUT2D eigenvalue weighted by atomic mass is 10.3. The van der Waals surface area contributed by atoms with Gasteiger partial charge in [0.2, 0.25) is 5.95 Å². The van der Waals surface area contributed by atoms with Gasteiger partial charge in [-0.15, -0.1) is 0 Å². The first kappa shape index (κ1) is 7.48. The third kappa shape index (κ3) is 1.14. The van der Waals surface area contributed by atoms with E-state index in [0.717, 1.165) is 25.5 Å². The van der Waals surface area contributed by atoms with Gasteiger partial charge in [0.15, 0.2) is 0 Å². The molecule has 0 bridgehead atoms. The average Bonchev–Trinajstić information content (AvgIpc) is 2.58. The molecule has 0 radical (unpaired) electrons. The Hall–Kier alpha value is -1.17. The SMILES string of the molecule is Cn1nnnc1N1CCC(N)C1. The monoisotopic (exact) mass is 168 g/mol. The third-order valence-electron chi connectivity index (χ3n) is 2.11. The molecule has 0 amide bonds. The molecule has 2 N–H and O–H groups in total. The second-order valence-electron chi connectivity index (χ2n) is 3.10. The number of aryl methyl sites for hydroxylation is 1. The predicted molar refractivity (Wildman–Crippen MR) is 43.6 cm³/mol. The quantitative estimate of drug-likeness (QED) is 0.567. The molecule has 1 unspecified atom stereocenters. The Morgan fingerprint density at radius 1 is 1.58 bits per heavy atom. The van der Waals surface area contributed by atoms with E-state index in [1.54, 1.807) is 4.68 Å². The van der Waals surface area contributed by atoms with E-state index in [-0.39, 0.29) is 6.04 Å². The number of nitrogens with zero attached hydrogens (tertiary/aromatic N) is 5. The van der Waals surface area contributed by atoms with E-state index in [4.69, 9.17) is 5.73 Å². The zero-order valence-electron chi connectivity index (χ0n) is 7.01. The summed E-state index contributed by atoms with van der Waals surface area (Å²) in [6, 6.07) is 0.265. The molecule has 0 spiro atoms. The molecule has 1 aliphatic rings. The Bertz CT molecular complexity index is 269. The van der Waals surface area contributed by atoms with Crippen LogP contribution in [-0.2, 0) is 7.05 Å². The highest BCUT2D eigenvalue weighted by Crippen LogP contribution is 2.14. The minimum absolute atomic E-state index is 0.265. The molecule has 1 fully saturated rings. The third-order valence-corrected chi connectivity index (χ3v) is 2.11. The van der Waals surface area contributed by atoms with Crippen molar-refractivity contribution in [1.29, 1.82) is 0 Å². The summed E-state index contributed by atoms with van der Waals surface area (Å²) in [6.07, 6.45) is 1.02. The van der Waals surface area contributed by atoms with Crippen molar-refractivity contribution in [3.63, 3.8) is 0 Å². The number of aromatic nitrogens is 4. The fourth-order valence-electron chi connectivity index (χ4n) is 1.46. The normalized spacial score (nSPS) is 23.5. The minimum atomic E-state index is 0.265. The summed E-state index contributed by atoms with van der Waals surface area (Å²) >= 11 is 0. The molecule has 6 nitrogen and oxygen atoms in total. The second-order valence-corrected chi connectivity index (χ2v) is 3.10. The van der Waals surface area contributed by atoms with Crippen LogP contribution in [0.15, 0.2) is 0 Å².